The molecule has 1 amide bonds. The Bertz CT molecular complexity index is 713. The van der Waals surface area contributed by atoms with Crippen molar-refractivity contribution in [3.63, 3.8) is 0 Å². The molecule has 6 nitrogen and oxygen atoms in total. The number of nitrogens with zero attached hydrogens (tertiary/aromatic N) is 1. The van der Waals surface area contributed by atoms with Crippen LogP contribution in [0.15, 0.2) is 23.1 Å². The van der Waals surface area contributed by atoms with Gasteiger partial charge in [0.05, 0.1) is 7.11 Å². The van der Waals surface area contributed by atoms with E-state index in [2.05, 4.69) is 5.32 Å². The summed E-state index contributed by atoms with van der Waals surface area (Å²) in [7, 11) is -2.29. The highest BCUT2D eigenvalue weighted by Crippen LogP contribution is 2.31. The van der Waals surface area contributed by atoms with Crippen LogP contribution in [0.25, 0.3) is 0 Å². The number of carbonyl (C=O) groups is 1. The van der Waals surface area contributed by atoms with Crippen LogP contribution in [0.2, 0.25) is 5.02 Å². The number of halogens is 1. The molecular weight excluding hydrogens is 364 g/mol. The predicted octanol–water partition coefficient (Wildman–Crippen LogP) is 2.52. The number of rotatable bonds is 6. The van der Waals surface area contributed by atoms with Crippen LogP contribution < -0.4 is 10.1 Å². The van der Waals surface area contributed by atoms with E-state index in [0.29, 0.717) is 43.4 Å². The molecule has 0 unspecified atom stereocenters. The van der Waals surface area contributed by atoms with Gasteiger partial charge in [0.25, 0.3) is 0 Å². The first-order valence-electron chi connectivity index (χ1n) is 8.37. The Kier molecular flexibility index (Phi) is 6.71. The summed E-state index contributed by atoms with van der Waals surface area (Å²) in [5.41, 5.74) is 0. The van der Waals surface area contributed by atoms with E-state index in [0.717, 1.165) is 0 Å². The predicted molar refractivity (Wildman–Crippen MR) is 97.3 cm³/mol. The first-order valence-corrected chi connectivity index (χ1v) is 10.2. The number of amides is 1. The van der Waals surface area contributed by atoms with E-state index in [9.17, 15) is 13.2 Å². The standard InChI is InChI=1S/C17H25ClN2O4S/c1-12(2)11-19-17(21)13-6-8-20(9-7-13)25(22,23)16-10-14(18)4-5-15(16)24-3/h4-5,10,12-13H,6-9,11H2,1-3H3,(H,19,21). The number of piperidine rings is 1. The molecule has 1 heterocycles. The minimum Gasteiger partial charge on any atom is -0.495 e. The van der Waals surface area contributed by atoms with Crippen LogP contribution in [-0.2, 0) is 14.8 Å². The molecule has 0 atom stereocenters. The summed E-state index contributed by atoms with van der Waals surface area (Å²) >= 11 is 5.95. The third kappa shape index (κ3) is 4.86. The number of sulfonamides is 1. The van der Waals surface area contributed by atoms with Gasteiger partial charge in [-0.25, -0.2) is 8.42 Å². The van der Waals surface area contributed by atoms with Gasteiger partial charge < -0.3 is 10.1 Å². The van der Waals surface area contributed by atoms with E-state index in [4.69, 9.17) is 16.3 Å². The van der Waals surface area contributed by atoms with E-state index < -0.39 is 10.0 Å². The molecule has 0 aromatic heterocycles. The van der Waals surface area contributed by atoms with Gasteiger partial charge in [0, 0.05) is 30.6 Å². The first-order chi connectivity index (χ1) is 11.8. The van der Waals surface area contributed by atoms with Gasteiger partial charge in [0.1, 0.15) is 10.6 Å². The van der Waals surface area contributed by atoms with Gasteiger partial charge in [-0.3, -0.25) is 4.79 Å². The van der Waals surface area contributed by atoms with Crippen molar-refractivity contribution in [2.45, 2.75) is 31.6 Å². The highest BCUT2D eigenvalue weighted by atomic mass is 35.5. The quantitative estimate of drug-likeness (QED) is 0.812. The van der Waals surface area contributed by atoms with Crippen LogP contribution >= 0.6 is 11.6 Å². The Morgan fingerprint density at radius 2 is 2.00 bits per heavy atom. The van der Waals surface area contributed by atoms with Crippen LogP contribution in [0.4, 0.5) is 0 Å². The van der Waals surface area contributed by atoms with Crippen LogP contribution in [0.1, 0.15) is 26.7 Å². The topological polar surface area (TPSA) is 75.7 Å². The van der Waals surface area contributed by atoms with Crippen molar-refractivity contribution in [3.8, 4) is 5.75 Å². The largest absolute Gasteiger partial charge is 0.495 e. The number of carbonyl (C=O) groups excluding carboxylic acids is 1. The number of hydrogen-bond acceptors (Lipinski definition) is 4. The monoisotopic (exact) mass is 388 g/mol. The van der Waals surface area contributed by atoms with Crippen LogP contribution in [-0.4, -0.2) is 45.4 Å². The molecule has 1 saturated heterocycles. The fraction of sp³-hybridized carbons (Fsp3) is 0.588. The van der Waals surface area contributed by atoms with Gasteiger partial charge in [-0.2, -0.15) is 4.31 Å². The minimum absolute atomic E-state index is 0.00563. The van der Waals surface area contributed by atoms with Gasteiger partial charge in [-0.05, 0) is 37.0 Å². The summed E-state index contributed by atoms with van der Waals surface area (Å²) in [5, 5.41) is 3.25. The number of methoxy groups -OCH3 is 1. The van der Waals surface area contributed by atoms with E-state index in [1.165, 1.54) is 17.5 Å². The average molecular weight is 389 g/mol. The molecule has 1 fully saturated rings. The maximum absolute atomic E-state index is 12.9. The first kappa shape index (κ1) is 20.0. The lowest BCUT2D eigenvalue weighted by molar-refractivity contribution is -0.126. The molecule has 0 aliphatic carbocycles. The zero-order chi connectivity index (χ0) is 18.6. The minimum atomic E-state index is -3.71. The van der Waals surface area contributed by atoms with Gasteiger partial charge in [0.15, 0.2) is 0 Å². The number of nitrogens with one attached hydrogen (secondary N) is 1. The zero-order valence-corrected chi connectivity index (χ0v) is 16.4. The molecule has 0 bridgehead atoms. The van der Waals surface area contributed by atoms with E-state index >= 15 is 0 Å². The van der Waals surface area contributed by atoms with Crippen molar-refractivity contribution >= 4 is 27.5 Å². The molecule has 2 rings (SSSR count). The van der Waals surface area contributed by atoms with Crippen molar-refractivity contribution in [1.82, 2.24) is 9.62 Å². The van der Waals surface area contributed by atoms with Crippen molar-refractivity contribution < 1.29 is 17.9 Å². The highest BCUT2D eigenvalue weighted by Gasteiger charge is 2.33. The van der Waals surface area contributed by atoms with Crippen LogP contribution in [0.3, 0.4) is 0 Å². The lowest BCUT2D eigenvalue weighted by Gasteiger charge is -2.31. The van der Waals surface area contributed by atoms with Crippen LogP contribution in [0.5, 0.6) is 5.75 Å². The Morgan fingerprint density at radius 3 is 2.56 bits per heavy atom. The molecular formula is C17H25ClN2O4S. The summed E-state index contributed by atoms with van der Waals surface area (Å²) in [6.07, 6.45) is 1.01. The Morgan fingerprint density at radius 1 is 1.36 bits per heavy atom. The second-order valence-electron chi connectivity index (χ2n) is 6.61. The fourth-order valence-electron chi connectivity index (χ4n) is 2.80. The molecule has 0 saturated carbocycles. The van der Waals surface area contributed by atoms with Crippen LogP contribution in [0, 0.1) is 11.8 Å². The summed E-state index contributed by atoms with van der Waals surface area (Å²) in [6.45, 7) is 5.31. The maximum atomic E-state index is 12.9. The van der Waals surface area contributed by atoms with Gasteiger partial charge in [-0.15, -0.1) is 0 Å². The third-order valence-corrected chi connectivity index (χ3v) is 6.41. The molecule has 8 heteroatoms. The van der Waals surface area contributed by atoms with E-state index in [1.807, 2.05) is 13.8 Å². The lowest BCUT2D eigenvalue weighted by Crippen LogP contribution is -2.43. The summed E-state index contributed by atoms with van der Waals surface area (Å²) in [6, 6.07) is 4.53. The zero-order valence-electron chi connectivity index (χ0n) is 14.8. The van der Waals surface area contributed by atoms with Crippen molar-refractivity contribution in [2.24, 2.45) is 11.8 Å². The van der Waals surface area contributed by atoms with Crippen molar-refractivity contribution in [3.05, 3.63) is 23.2 Å². The Labute approximate surface area is 154 Å². The second kappa shape index (κ2) is 8.38. The smallest absolute Gasteiger partial charge is 0.246 e. The highest BCUT2D eigenvalue weighted by molar-refractivity contribution is 7.89. The fourth-order valence-corrected chi connectivity index (χ4v) is 4.69. The summed E-state index contributed by atoms with van der Waals surface area (Å²) in [5.74, 6) is 0.512. The van der Waals surface area contributed by atoms with Gasteiger partial charge in [0.2, 0.25) is 15.9 Å². The Hall–Kier alpha value is -1.31. The number of benzene rings is 1. The molecule has 1 aromatic carbocycles. The normalized spacial score (nSPS) is 16.8. The summed E-state index contributed by atoms with van der Waals surface area (Å²) < 4.78 is 32.4. The van der Waals surface area contributed by atoms with E-state index in [1.54, 1.807) is 12.1 Å². The molecule has 1 aromatic rings. The molecule has 0 spiro atoms. The van der Waals surface area contributed by atoms with E-state index in [-0.39, 0.29) is 22.5 Å². The molecule has 0 radical (unpaired) electrons. The lowest BCUT2D eigenvalue weighted by atomic mass is 9.97. The molecule has 140 valence electrons. The number of hydrogen-bond donors (Lipinski definition) is 1. The molecule has 1 N–H and O–H groups in total. The molecule has 1 aliphatic heterocycles. The Balaban J connectivity index is 2.07. The molecule has 1 aliphatic rings. The van der Waals surface area contributed by atoms with Gasteiger partial charge in [-0.1, -0.05) is 25.4 Å². The maximum Gasteiger partial charge on any atom is 0.246 e. The SMILES string of the molecule is COc1ccc(Cl)cc1S(=O)(=O)N1CCC(C(=O)NCC(C)C)CC1. The summed E-state index contributed by atoms with van der Waals surface area (Å²) in [4.78, 5) is 12.2. The molecule has 25 heavy (non-hydrogen) atoms. The van der Waals surface area contributed by atoms with Gasteiger partial charge >= 0.3 is 0 Å². The third-order valence-electron chi connectivity index (χ3n) is 4.25. The second-order valence-corrected chi connectivity index (χ2v) is 8.96. The van der Waals surface area contributed by atoms with Crippen molar-refractivity contribution in [1.29, 1.82) is 0 Å². The number of ether oxygens (including phenoxy) is 1. The average Bonchev–Trinajstić information content (AvgIpc) is 2.59. The van der Waals surface area contributed by atoms with Crippen molar-refractivity contribution in [2.75, 3.05) is 26.7 Å².